The van der Waals surface area contributed by atoms with Gasteiger partial charge in [0.25, 0.3) is 5.56 Å². The van der Waals surface area contributed by atoms with Crippen LogP contribution in [0.15, 0.2) is 17.1 Å². The Morgan fingerprint density at radius 1 is 1.35 bits per heavy atom. The summed E-state index contributed by atoms with van der Waals surface area (Å²) >= 11 is 0. The minimum Gasteiger partial charge on any atom is -0.477 e. The summed E-state index contributed by atoms with van der Waals surface area (Å²) in [5, 5.41) is 19.2. The highest BCUT2D eigenvalue weighted by Crippen LogP contribution is 2.44. The average Bonchev–Trinajstić information content (AvgIpc) is 3.35. The lowest BCUT2D eigenvalue weighted by Crippen LogP contribution is -2.32. The number of nitrogens with zero attached hydrogens (tertiary/aromatic N) is 2. The van der Waals surface area contributed by atoms with Crippen LogP contribution in [0.3, 0.4) is 0 Å². The van der Waals surface area contributed by atoms with Crippen molar-refractivity contribution in [2.45, 2.75) is 37.8 Å². The molecule has 1 aliphatic heterocycles. The number of rotatable bonds is 3. The maximum Gasteiger partial charge on any atom is 0.341 e. The van der Waals surface area contributed by atoms with Crippen molar-refractivity contribution in [2.24, 2.45) is 5.73 Å². The van der Waals surface area contributed by atoms with Gasteiger partial charge in [-0.15, -0.1) is 0 Å². The average molecular weight is 361 g/mol. The summed E-state index contributed by atoms with van der Waals surface area (Å²) in [6.45, 7) is 2.24. The van der Waals surface area contributed by atoms with E-state index in [4.69, 9.17) is 5.73 Å². The first-order chi connectivity index (χ1) is 12.3. The van der Waals surface area contributed by atoms with Gasteiger partial charge in [0.15, 0.2) is 5.82 Å². The fraction of sp³-hybridized carbons (Fsp3) is 0.444. The Kier molecular flexibility index (Phi) is 3.78. The minimum atomic E-state index is -1.32. The zero-order valence-electron chi connectivity index (χ0n) is 14.3. The van der Waals surface area contributed by atoms with Gasteiger partial charge in [-0.05, 0) is 42.9 Å². The molecule has 2 unspecified atom stereocenters. The highest BCUT2D eigenvalue weighted by atomic mass is 19.1. The molecule has 2 aliphatic rings. The van der Waals surface area contributed by atoms with Crippen molar-refractivity contribution in [3.05, 3.63) is 45.1 Å². The van der Waals surface area contributed by atoms with Gasteiger partial charge in [-0.3, -0.25) is 9.20 Å². The van der Waals surface area contributed by atoms with Crippen molar-refractivity contribution in [1.82, 2.24) is 4.40 Å². The zero-order chi connectivity index (χ0) is 18.7. The predicted octanol–water partition coefficient (Wildman–Crippen LogP) is 0.831. The molecule has 2 fully saturated rings. The summed E-state index contributed by atoms with van der Waals surface area (Å²) in [6.07, 6.45) is 2.12. The molecule has 0 radical (unpaired) electrons. The number of aliphatic hydroxyl groups excluding tert-OH is 1. The number of aromatic nitrogens is 1. The second kappa shape index (κ2) is 5.78. The molecule has 7 nitrogen and oxygen atoms in total. The number of aromatic carboxylic acids is 1. The summed E-state index contributed by atoms with van der Waals surface area (Å²) in [6, 6.07) is 0.959. The summed E-state index contributed by atoms with van der Waals surface area (Å²) in [5.41, 5.74) is 6.92. The molecule has 3 heterocycles. The van der Waals surface area contributed by atoms with Gasteiger partial charge >= 0.3 is 5.97 Å². The Morgan fingerprint density at radius 3 is 2.58 bits per heavy atom. The van der Waals surface area contributed by atoms with E-state index in [9.17, 15) is 24.2 Å². The Bertz CT molecular complexity index is 973. The lowest BCUT2D eigenvalue weighted by atomic mass is 10.0. The molecule has 1 aliphatic carbocycles. The van der Waals surface area contributed by atoms with E-state index in [2.05, 4.69) is 0 Å². The summed E-state index contributed by atoms with van der Waals surface area (Å²) in [7, 11) is 0. The summed E-state index contributed by atoms with van der Waals surface area (Å²) in [4.78, 5) is 25.7. The van der Waals surface area contributed by atoms with Gasteiger partial charge in [-0.1, -0.05) is 0 Å². The van der Waals surface area contributed by atoms with E-state index < -0.39 is 29.5 Å². The molecule has 1 saturated carbocycles. The normalized spacial score (nSPS) is 23.0. The number of hydrogen-bond acceptors (Lipinski definition) is 5. The third kappa shape index (κ3) is 2.48. The largest absolute Gasteiger partial charge is 0.477 e. The molecule has 138 valence electrons. The number of pyridine rings is 2. The Morgan fingerprint density at radius 2 is 2.04 bits per heavy atom. The van der Waals surface area contributed by atoms with Gasteiger partial charge in [-0.2, -0.15) is 0 Å². The van der Waals surface area contributed by atoms with Crippen LogP contribution >= 0.6 is 0 Å². The number of anilines is 1. The lowest BCUT2D eigenvalue weighted by Gasteiger charge is -2.23. The SMILES string of the molecule is Cc1c(N2CC(N)C(O)C2)c(F)cn2c(=O)c(C(=O)O)cc(C3CC3)c12. The minimum absolute atomic E-state index is 0.173. The molecule has 8 heteroatoms. The van der Waals surface area contributed by atoms with Crippen molar-refractivity contribution in [3.63, 3.8) is 0 Å². The van der Waals surface area contributed by atoms with Crippen LogP contribution < -0.4 is 16.2 Å². The molecule has 0 aromatic carbocycles. The molecular weight excluding hydrogens is 341 g/mol. The summed E-state index contributed by atoms with van der Waals surface area (Å²) in [5.74, 6) is -1.78. The Balaban J connectivity index is 2.00. The van der Waals surface area contributed by atoms with Crippen LogP contribution in [0.4, 0.5) is 10.1 Å². The monoisotopic (exact) mass is 361 g/mol. The van der Waals surface area contributed by atoms with Crippen LogP contribution in [0, 0.1) is 12.7 Å². The number of halogens is 1. The van der Waals surface area contributed by atoms with E-state index in [1.807, 2.05) is 0 Å². The van der Waals surface area contributed by atoms with Crippen molar-refractivity contribution in [1.29, 1.82) is 0 Å². The maximum atomic E-state index is 14.9. The third-order valence-corrected chi connectivity index (χ3v) is 5.34. The van der Waals surface area contributed by atoms with Gasteiger partial charge in [0.05, 0.1) is 23.5 Å². The fourth-order valence-corrected chi connectivity index (χ4v) is 3.88. The standard InChI is InChI=1S/C18H20FN3O4/c1-8-15-10(9-2-3-9)4-11(18(25)26)17(24)22(15)5-12(19)16(8)21-6-13(20)14(23)7-21/h4-5,9,13-14,23H,2-3,6-7,20H2,1H3,(H,25,26). The van der Waals surface area contributed by atoms with Crippen molar-refractivity contribution >= 4 is 17.2 Å². The van der Waals surface area contributed by atoms with E-state index in [0.29, 0.717) is 23.3 Å². The highest BCUT2D eigenvalue weighted by Gasteiger charge is 2.34. The Labute approximate surface area is 148 Å². The second-order valence-electron chi connectivity index (χ2n) is 7.20. The van der Waals surface area contributed by atoms with Crippen LogP contribution in [0.25, 0.3) is 5.52 Å². The number of hydrogen-bond donors (Lipinski definition) is 3. The van der Waals surface area contributed by atoms with Crippen molar-refractivity contribution < 1.29 is 19.4 Å². The molecule has 0 spiro atoms. The fourth-order valence-electron chi connectivity index (χ4n) is 3.88. The van der Waals surface area contributed by atoms with Crippen molar-refractivity contribution in [2.75, 3.05) is 18.0 Å². The summed E-state index contributed by atoms with van der Waals surface area (Å²) < 4.78 is 16.0. The van der Waals surface area contributed by atoms with E-state index in [1.54, 1.807) is 11.8 Å². The zero-order valence-corrected chi connectivity index (χ0v) is 14.3. The quantitative estimate of drug-likeness (QED) is 0.747. The molecule has 2 atom stereocenters. The number of fused-ring (bicyclic) bond motifs is 1. The number of β-amino-alcohol motifs (C(OH)–C–C–N with tert-alkyl or cyclic N) is 1. The second-order valence-corrected chi connectivity index (χ2v) is 7.20. The van der Waals surface area contributed by atoms with Crippen LogP contribution in [0.5, 0.6) is 0 Å². The van der Waals surface area contributed by atoms with Crippen molar-refractivity contribution in [3.8, 4) is 0 Å². The lowest BCUT2D eigenvalue weighted by molar-refractivity contribution is 0.0694. The first-order valence-electron chi connectivity index (χ1n) is 8.59. The van der Waals surface area contributed by atoms with E-state index >= 15 is 0 Å². The molecule has 4 N–H and O–H groups in total. The smallest absolute Gasteiger partial charge is 0.341 e. The van der Waals surface area contributed by atoms with E-state index in [-0.39, 0.29) is 18.0 Å². The maximum absolute atomic E-state index is 14.9. The van der Waals surface area contributed by atoms with Gasteiger partial charge in [-0.25, -0.2) is 9.18 Å². The number of carboxylic acid groups (broad SMARTS) is 1. The van der Waals surface area contributed by atoms with Crippen LogP contribution in [0.2, 0.25) is 0 Å². The van der Waals surface area contributed by atoms with Crippen LogP contribution in [-0.4, -0.2) is 45.8 Å². The predicted molar refractivity (Wildman–Crippen MR) is 93.5 cm³/mol. The van der Waals surface area contributed by atoms with E-state index in [0.717, 1.165) is 29.0 Å². The number of aryl methyl sites for hydroxylation is 1. The molecule has 0 bridgehead atoms. The van der Waals surface area contributed by atoms with Crippen LogP contribution in [-0.2, 0) is 0 Å². The van der Waals surface area contributed by atoms with Crippen LogP contribution in [0.1, 0.15) is 40.2 Å². The molecule has 4 rings (SSSR count). The molecule has 2 aromatic heterocycles. The van der Waals surface area contributed by atoms with E-state index in [1.165, 1.54) is 6.07 Å². The molecule has 2 aromatic rings. The topological polar surface area (TPSA) is 108 Å². The van der Waals surface area contributed by atoms with Gasteiger partial charge in [0.2, 0.25) is 0 Å². The van der Waals surface area contributed by atoms with Gasteiger partial charge in [0.1, 0.15) is 5.56 Å². The van der Waals surface area contributed by atoms with Gasteiger partial charge < -0.3 is 20.8 Å². The number of carboxylic acids is 1. The molecular formula is C18H20FN3O4. The molecule has 26 heavy (non-hydrogen) atoms. The first kappa shape index (κ1) is 17.0. The highest BCUT2D eigenvalue weighted by molar-refractivity contribution is 5.89. The molecule has 0 amide bonds. The Hall–Kier alpha value is -2.45. The van der Waals surface area contributed by atoms with Gasteiger partial charge in [0, 0.05) is 19.1 Å². The third-order valence-electron chi connectivity index (χ3n) is 5.34. The molecule has 1 saturated heterocycles. The number of carbonyl (C=O) groups is 1. The number of nitrogens with two attached hydrogens (primary N) is 1. The number of aliphatic hydroxyl groups is 1. The first-order valence-corrected chi connectivity index (χ1v) is 8.59.